The molecule has 1 rings (SSSR count). The molecule has 0 aromatic heterocycles. The SMILES string of the molecule is CCC1C(=O)N(C(C)(C)C)C(=O)N1C. The highest BCUT2D eigenvalue weighted by atomic mass is 16.2. The Balaban J connectivity index is 3.02. The van der Waals surface area contributed by atoms with Crippen molar-refractivity contribution in [3.05, 3.63) is 0 Å². The van der Waals surface area contributed by atoms with Gasteiger partial charge in [0, 0.05) is 12.6 Å². The predicted molar refractivity (Wildman–Crippen MR) is 53.8 cm³/mol. The number of urea groups is 1. The Kier molecular flexibility index (Phi) is 2.56. The van der Waals surface area contributed by atoms with E-state index in [0.717, 1.165) is 0 Å². The van der Waals surface area contributed by atoms with Crippen molar-refractivity contribution < 1.29 is 9.59 Å². The summed E-state index contributed by atoms with van der Waals surface area (Å²) in [4.78, 5) is 26.5. The van der Waals surface area contributed by atoms with Crippen LogP contribution in [-0.2, 0) is 4.79 Å². The van der Waals surface area contributed by atoms with E-state index in [1.54, 1.807) is 7.05 Å². The van der Waals surface area contributed by atoms with Gasteiger partial charge in [0.1, 0.15) is 6.04 Å². The van der Waals surface area contributed by atoms with Crippen LogP contribution in [0.25, 0.3) is 0 Å². The molecule has 1 aliphatic heterocycles. The van der Waals surface area contributed by atoms with Crippen LogP contribution >= 0.6 is 0 Å². The number of carbonyl (C=O) groups excluding carboxylic acids is 2. The van der Waals surface area contributed by atoms with Crippen molar-refractivity contribution in [1.29, 1.82) is 0 Å². The summed E-state index contributed by atoms with van der Waals surface area (Å²) >= 11 is 0. The van der Waals surface area contributed by atoms with Gasteiger partial charge in [-0.3, -0.25) is 9.69 Å². The van der Waals surface area contributed by atoms with Crippen molar-refractivity contribution in [2.45, 2.75) is 45.7 Å². The zero-order chi connectivity index (χ0) is 11.1. The first kappa shape index (κ1) is 11.0. The molecule has 80 valence electrons. The molecule has 0 aliphatic carbocycles. The van der Waals surface area contributed by atoms with Crippen LogP contribution in [0.2, 0.25) is 0 Å². The predicted octanol–water partition coefficient (Wildman–Crippen LogP) is 1.46. The summed E-state index contributed by atoms with van der Waals surface area (Å²) < 4.78 is 0. The number of hydrogen-bond donors (Lipinski definition) is 0. The number of likely N-dealkylation sites (N-methyl/N-ethyl adjacent to an activating group) is 1. The van der Waals surface area contributed by atoms with Crippen molar-refractivity contribution in [3.8, 4) is 0 Å². The summed E-state index contributed by atoms with van der Waals surface area (Å²) in [5.41, 5.74) is -0.424. The van der Waals surface area contributed by atoms with Gasteiger partial charge in [-0.05, 0) is 27.2 Å². The lowest BCUT2D eigenvalue weighted by Crippen LogP contribution is -2.46. The maximum atomic E-state index is 11.9. The highest BCUT2D eigenvalue weighted by Crippen LogP contribution is 2.25. The normalized spacial score (nSPS) is 23.6. The number of imide groups is 1. The molecular weight excluding hydrogens is 180 g/mol. The van der Waals surface area contributed by atoms with Crippen molar-refractivity contribution in [2.75, 3.05) is 7.05 Å². The Morgan fingerprint density at radius 3 is 2.00 bits per heavy atom. The summed E-state index contributed by atoms with van der Waals surface area (Å²) in [6, 6.07) is -0.462. The monoisotopic (exact) mass is 198 g/mol. The third-order valence-electron chi connectivity index (χ3n) is 2.52. The molecule has 14 heavy (non-hydrogen) atoms. The molecule has 3 amide bonds. The molecule has 1 unspecified atom stereocenters. The highest BCUT2D eigenvalue weighted by molar-refractivity contribution is 6.04. The quantitative estimate of drug-likeness (QED) is 0.598. The zero-order valence-electron chi connectivity index (χ0n) is 9.50. The molecule has 0 N–H and O–H groups in total. The van der Waals surface area contributed by atoms with Gasteiger partial charge in [0.25, 0.3) is 5.91 Å². The number of hydrogen-bond acceptors (Lipinski definition) is 2. The molecule has 4 heteroatoms. The fourth-order valence-corrected chi connectivity index (χ4v) is 1.77. The van der Waals surface area contributed by atoms with E-state index in [9.17, 15) is 9.59 Å². The summed E-state index contributed by atoms with van der Waals surface area (Å²) in [5.74, 6) is -0.0764. The number of amides is 3. The van der Waals surface area contributed by atoms with Crippen molar-refractivity contribution in [1.82, 2.24) is 9.80 Å². The minimum absolute atomic E-state index is 0.0764. The van der Waals surface area contributed by atoms with E-state index in [1.807, 2.05) is 27.7 Å². The van der Waals surface area contributed by atoms with E-state index in [2.05, 4.69) is 0 Å². The smallest absolute Gasteiger partial charge is 0.315 e. The van der Waals surface area contributed by atoms with Gasteiger partial charge in [0.2, 0.25) is 0 Å². The average molecular weight is 198 g/mol. The van der Waals surface area contributed by atoms with Crippen LogP contribution in [0.3, 0.4) is 0 Å². The molecule has 1 saturated heterocycles. The topological polar surface area (TPSA) is 40.6 Å². The van der Waals surface area contributed by atoms with Crippen molar-refractivity contribution in [3.63, 3.8) is 0 Å². The van der Waals surface area contributed by atoms with Gasteiger partial charge in [-0.25, -0.2) is 4.79 Å². The number of rotatable bonds is 1. The maximum Gasteiger partial charge on any atom is 0.327 e. The van der Waals surface area contributed by atoms with Crippen LogP contribution < -0.4 is 0 Å². The van der Waals surface area contributed by atoms with E-state index in [0.29, 0.717) is 6.42 Å². The second-order valence-corrected chi connectivity index (χ2v) is 4.66. The zero-order valence-corrected chi connectivity index (χ0v) is 9.50. The van der Waals surface area contributed by atoms with Crippen LogP contribution in [0.4, 0.5) is 4.79 Å². The average Bonchev–Trinajstić information content (AvgIpc) is 2.22. The molecule has 0 saturated carbocycles. The molecule has 0 radical (unpaired) electrons. The lowest BCUT2D eigenvalue weighted by atomic mass is 10.1. The Morgan fingerprint density at radius 1 is 1.29 bits per heavy atom. The summed E-state index contributed by atoms with van der Waals surface area (Å²) in [5, 5.41) is 0. The van der Waals surface area contributed by atoms with Gasteiger partial charge in [-0.1, -0.05) is 6.92 Å². The molecule has 1 aliphatic rings. The van der Waals surface area contributed by atoms with E-state index in [-0.39, 0.29) is 18.0 Å². The van der Waals surface area contributed by atoms with Crippen LogP contribution in [0.15, 0.2) is 0 Å². The van der Waals surface area contributed by atoms with Crippen LogP contribution in [0.1, 0.15) is 34.1 Å². The van der Waals surface area contributed by atoms with Crippen LogP contribution in [0, 0.1) is 0 Å². The van der Waals surface area contributed by atoms with E-state index in [4.69, 9.17) is 0 Å². The third-order valence-corrected chi connectivity index (χ3v) is 2.52. The molecule has 0 spiro atoms. The first-order chi connectivity index (χ1) is 6.30. The molecule has 1 atom stereocenters. The van der Waals surface area contributed by atoms with Crippen LogP contribution in [-0.4, -0.2) is 40.4 Å². The Labute approximate surface area is 84.9 Å². The molecule has 4 nitrogen and oxygen atoms in total. The summed E-state index contributed by atoms with van der Waals surface area (Å²) in [6.07, 6.45) is 0.674. The molecule has 0 aromatic rings. The Bertz CT molecular complexity index is 268. The fourth-order valence-electron chi connectivity index (χ4n) is 1.77. The standard InChI is InChI=1S/C10H18N2O2/c1-6-7-8(13)12(10(2,3)4)9(14)11(7)5/h7H,6H2,1-5H3. The molecule has 0 bridgehead atoms. The summed E-state index contributed by atoms with van der Waals surface area (Å²) in [6.45, 7) is 7.52. The highest BCUT2D eigenvalue weighted by Gasteiger charge is 2.46. The summed E-state index contributed by atoms with van der Waals surface area (Å²) in [7, 11) is 1.68. The van der Waals surface area contributed by atoms with Gasteiger partial charge < -0.3 is 4.90 Å². The second-order valence-electron chi connectivity index (χ2n) is 4.66. The maximum absolute atomic E-state index is 11.9. The van der Waals surface area contributed by atoms with Crippen molar-refractivity contribution in [2.24, 2.45) is 0 Å². The fraction of sp³-hybridized carbons (Fsp3) is 0.800. The molecular formula is C10H18N2O2. The third kappa shape index (κ3) is 1.49. The molecule has 1 fully saturated rings. The first-order valence-electron chi connectivity index (χ1n) is 4.91. The van der Waals surface area contributed by atoms with E-state index < -0.39 is 5.54 Å². The molecule has 0 aromatic carbocycles. The van der Waals surface area contributed by atoms with Crippen molar-refractivity contribution >= 4 is 11.9 Å². The lowest BCUT2D eigenvalue weighted by molar-refractivity contribution is -0.131. The second kappa shape index (κ2) is 3.26. The van der Waals surface area contributed by atoms with E-state index >= 15 is 0 Å². The first-order valence-corrected chi connectivity index (χ1v) is 4.91. The minimum Gasteiger partial charge on any atom is -0.315 e. The van der Waals surface area contributed by atoms with Gasteiger partial charge >= 0.3 is 6.03 Å². The Morgan fingerprint density at radius 2 is 1.79 bits per heavy atom. The number of carbonyl (C=O) groups is 2. The van der Waals surface area contributed by atoms with Crippen LogP contribution in [0.5, 0.6) is 0 Å². The minimum atomic E-state index is -0.424. The molecule has 1 heterocycles. The van der Waals surface area contributed by atoms with Gasteiger partial charge in [-0.15, -0.1) is 0 Å². The van der Waals surface area contributed by atoms with Gasteiger partial charge in [0.05, 0.1) is 0 Å². The number of nitrogens with zero attached hydrogens (tertiary/aromatic N) is 2. The van der Waals surface area contributed by atoms with Gasteiger partial charge in [0.15, 0.2) is 0 Å². The lowest BCUT2D eigenvalue weighted by Gasteiger charge is -2.29. The largest absolute Gasteiger partial charge is 0.327 e. The Hall–Kier alpha value is -1.06. The van der Waals surface area contributed by atoms with Gasteiger partial charge in [-0.2, -0.15) is 0 Å². The van der Waals surface area contributed by atoms with E-state index in [1.165, 1.54) is 9.80 Å².